The lowest BCUT2D eigenvalue weighted by molar-refractivity contribution is -0.117. The number of benzene rings is 3. The number of aryl methyl sites for hydroxylation is 1. The minimum atomic E-state index is 0.0363. The molecule has 5 rings (SSSR count). The van der Waals surface area contributed by atoms with Crippen molar-refractivity contribution in [3.63, 3.8) is 0 Å². The highest BCUT2D eigenvalue weighted by Gasteiger charge is 2.34. The van der Waals surface area contributed by atoms with Gasteiger partial charge in [-0.1, -0.05) is 54.1 Å². The molecule has 0 unspecified atom stereocenters. The molecule has 1 amide bonds. The van der Waals surface area contributed by atoms with Gasteiger partial charge in [0.25, 0.3) is 0 Å². The number of allylic oxidation sites excluding steroid dienone is 1. The zero-order valence-electron chi connectivity index (χ0n) is 19.5. The van der Waals surface area contributed by atoms with Crippen LogP contribution in [-0.4, -0.2) is 28.6 Å². The molecule has 0 bridgehead atoms. The number of para-hydroxylation sites is 3. The summed E-state index contributed by atoms with van der Waals surface area (Å²) in [5, 5.41) is 0. The molecular weight excluding hydrogens is 422 g/mol. The van der Waals surface area contributed by atoms with Gasteiger partial charge in [0.05, 0.1) is 17.6 Å². The zero-order chi connectivity index (χ0) is 23.5. The summed E-state index contributed by atoms with van der Waals surface area (Å²) in [5.41, 5.74) is 5.28. The van der Waals surface area contributed by atoms with Crippen LogP contribution in [0.2, 0.25) is 0 Å². The maximum Gasteiger partial charge on any atom is 0.227 e. The topological polar surface area (TPSA) is 47.4 Å². The van der Waals surface area contributed by atoms with Crippen molar-refractivity contribution in [3.8, 4) is 5.75 Å². The molecule has 1 aromatic heterocycles. The van der Waals surface area contributed by atoms with Gasteiger partial charge >= 0.3 is 0 Å². The van der Waals surface area contributed by atoms with Crippen LogP contribution in [0.5, 0.6) is 5.75 Å². The second-order valence-corrected chi connectivity index (χ2v) is 8.80. The van der Waals surface area contributed by atoms with Crippen molar-refractivity contribution < 1.29 is 9.53 Å². The van der Waals surface area contributed by atoms with Gasteiger partial charge in [0.1, 0.15) is 18.2 Å². The number of nitrogens with zero attached hydrogens (tertiary/aromatic N) is 3. The lowest BCUT2D eigenvalue weighted by Crippen LogP contribution is -2.24. The molecule has 1 atom stereocenters. The number of imidazole rings is 1. The van der Waals surface area contributed by atoms with E-state index in [0.717, 1.165) is 40.3 Å². The number of amides is 1. The van der Waals surface area contributed by atoms with E-state index < -0.39 is 0 Å². The molecule has 0 N–H and O–H groups in total. The average Bonchev–Trinajstić information content (AvgIpc) is 3.41. The first-order chi connectivity index (χ1) is 16.6. The number of rotatable bonds is 8. The van der Waals surface area contributed by atoms with Gasteiger partial charge in [-0.3, -0.25) is 4.79 Å². The number of anilines is 1. The van der Waals surface area contributed by atoms with Crippen molar-refractivity contribution in [2.45, 2.75) is 32.2 Å². The second-order valence-electron chi connectivity index (χ2n) is 8.80. The Bertz CT molecular complexity index is 1320. The Morgan fingerprint density at radius 1 is 1.06 bits per heavy atom. The molecular formula is C29H29N3O2. The van der Waals surface area contributed by atoms with Crippen LogP contribution in [0.4, 0.5) is 5.69 Å². The van der Waals surface area contributed by atoms with Gasteiger partial charge in [-0.25, -0.2) is 4.98 Å². The Labute approximate surface area is 200 Å². The van der Waals surface area contributed by atoms with Gasteiger partial charge < -0.3 is 14.2 Å². The number of hydrogen-bond acceptors (Lipinski definition) is 3. The lowest BCUT2D eigenvalue weighted by atomic mass is 10.1. The molecule has 5 heteroatoms. The number of fused-ring (bicyclic) bond motifs is 1. The van der Waals surface area contributed by atoms with E-state index in [-0.39, 0.29) is 11.8 Å². The first-order valence-electron chi connectivity index (χ1n) is 11.8. The minimum absolute atomic E-state index is 0.0363. The number of carbonyl (C=O) groups excluding carboxylic acids is 1. The van der Waals surface area contributed by atoms with Crippen molar-refractivity contribution >= 4 is 22.6 Å². The van der Waals surface area contributed by atoms with E-state index >= 15 is 0 Å². The summed E-state index contributed by atoms with van der Waals surface area (Å²) >= 11 is 0. The van der Waals surface area contributed by atoms with Crippen LogP contribution in [0.1, 0.15) is 29.3 Å². The average molecular weight is 452 g/mol. The van der Waals surface area contributed by atoms with E-state index in [4.69, 9.17) is 9.72 Å². The zero-order valence-corrected chi connectivity index (χ0v) is 19.5. The van der Waals surface area contributed by atoms with Crippen molar-refractivity contribution in [2.24, 2.45) is 0 Å². The summed E-state index contributed by atoms with van der Waals surface area (Å²) in [6.07, 6.45) is 3.12. The Hall–Kier alpha value is -3.86. The molecule has 0 aliphatic carbocycles. The summed E-state index contributed by atoms with van der Waals surface area (Å²) in [6.45, 7) is 7.71. The molecule has 3 aromatic carbocycles. The Morgan fingerprint density at radius 3 is 2.65 bits per heavy atom. The van der Waals surface area contributed by atoms with Crippen LogP contribution < -0.4 is 9.64 Å². The van der Waals surface area contributed by atoms with E-state index in [1.165, 1.54) is 5.56 Å². The fourth-order valence-electron chi connectivity index (χ4n) is 4.71. The fraction of sp³-hybridized carbons (Fsp3) is 0.241. The predicted octanol–water partition coefficient (Wildman–Crippen LogP) is 5.67. The fourth-order valence-corrected chi connectivity index (χ4v) is 4.71. The summed E-state index contributed by atoms with van der Waals surface area (Å²) in [4.78, 5) is 19.8. The molecule has 172 valence electrons. The largest absolute Gasteiger partial charge is 0.491 e. The highest BCUT2D eigenvalue weighted by atomic mass is 16.5. The van der Waals surface area contributed by atoms with Crippen LogP contribution in [0.25, 0.3) is 11.0 Å². The van der Waals surface area contributed by atoms with Gasteiger partial charge in [-0.05, 0) is 49.2 Å². The van der Waals surface area contributed by atoms with Crippen molar-refractivity contribution in [1.29, 1.82) is 0 Å². The molecule has 1 aliphatic heterocycles. The molecule has 0 saturated carbocycles. The molecule has 2 heterocycles. The molecule has 1 aliphatic rings. The SMILES string of the molecule is C=CCc1ccccc1OCCn1c([C@@H]2CC(=O)N(c3ccc(C)cc3)C2)nc2ccccc21. The predicted molar refractivity (Wildman–Crippen MR) is 136 cm³/mol. The molecule has 5 nitrogen and oxygen atoms in total. The highest BCUT2D eigenvalue weighted by Crippen LogP contribution is 2.33. The van der Waals surface area contributed by atoms with Gasteiger partial charge in [0, 0.05) is 24.6 Å². The Morgan fingerprint density at radius 2 is 1.82 bits per heavy atom. The van der Waals surface area contributed by atoms with Crippen LogP contribution in [0, 0.1) is 6.92 Å². The third kappa shape index (κ3) is 4.34. The van der Waals surface area contributed by atoms with Crippen LogP contribution in [-0.2, 0) is 17.8 Å². The molecule has 1 saturated heterocycles. The summed E-state index contributed by atoms with van der Waals surface area (Å²) < 4.78 is 8.40. The van der Waals surface area contributed by atoms with Crippen molar-refractivity contribution in [3.05, 3.63) is 102 Å². The van der Waals surface area contributed by atoms with Crippen LogP contribution >= 0.6 is 0 Å². The van der Waals surface area contributed by atoms with Gasteiger partial charge in [-0.15, -0.1) is 6.58 Å². The highest BCUT2D eigenvalue weighted by molar-refractivity contribution is 5.96. The third-order valence-corrected chi connectivity index (χ3v) is 6.43. The maximum absolute atomic E-state index is 12.9. The van der Waals surface area contributed by atoms with Crippen molar-refractivity contribution in [2.75, 3.05) is 18.1 Å². The van der Waals surface area contributed by atoms with Crippen LogP contribution in [0.15, 0.2) is 85.5 Å². The maximum atomic E-state index is 12.9. The summed E-state index contributed by atoms with van der Waals surface area (Å²) in [6, 6.07) is 24.4. The first-order valence-corrected chi connectivity index (χ1v) is 11.8. The van der Waals surface area contributed by atoms with Crippen molar-refractivity contribution in [1.82, 2.24) is 9.55 Å². The minimum Gasteiger partial charge on any atom is -0.491 e. The van der Waals surface area contributed by atoms with E-state index in [1.807, 2.05) is 71.6 Å². The molecule has 0 radical (unpaired) electrons. The van der Waals surface area contributed by atoms with E-state index in [0.29, 0.717) is 26.1 Å². The molecule has 1 fully saturated rings. The van der Waals surface area contributed by atoms with E-state index in [2.05, 4.69) is 30.2 Å². The van der Waals surface area contributed by atoms with Gasteiger partial charge in [-0.2, -0.15) is 0 Å². The Balaban J connectivity index is 1.39. The number of aromatic nitrogens is 2. The molecule has 34 heavy (non-hydrogen) atoms. The lowest BCUT2D eigenvalue weighted by Gasteiger charge is -2.18. The van der Waals surface area contributed by atoms with Gasteiger partial charge in [0.15, 0.2) is 0 Å². The summed E-state index contributed by atoms with van der Waals surface area (Å²) in [5.74, 6) is 2.01. The standard InChI is InChI=1S/C29H29N3O2/c1-3-8-22-9-4-7-12-27(22)34-18-17-31-26-11-6-5-10-25(26)30-29(31)23-19-28(33)32(20-23)24-15-13-21(2)14-16-24/h3-7,9-16,23H,1,8,17-20H2,2H3/t23-/m1/s1. The smallest absolute Gasteiger partial charge is 0.227 e. The number of carbonyl (C=O) groups is 1. The quantitative estimate of drug-likeness (QED) is 0.324. The Kier molecular flexibility index (Phi) is 6.17. The first kappa shape index (κ1) is 22.0. The van der Waals surface area contributed by atoms with E-state index in [9.17, 15) is 4.79 Å². The summed E-state index contributed by atoms with van der Waals surface area (Å²) in [7, 11) is 0. The normalized spacial score (nSPS) is 15.7. The monoisotopic (exact) mass is 451 g/mol. The van der Waals surface area contributed by atoms with Crippen LogP contribution in [0.3, 0.4) is 0 Å². The van der Waals surface area contributed by atoms with E-state index in [1.54, 1.807) is 0 Å². The molecule has 4 aromatic rings. The third-order valence-electron chi connectivity index (χ3n) is 6.43. The molecule has 0 spiro atoms. The second kappa shape index (κ2) is 9.56. The number of hydrogen-bond donors (Lipinski definition) is 0. The van der Waals surface area contributed by atoms with Gasteiger partial charge in [0.2, 0.25) is 5.91 Å². The number of ether oxygens (including phenoxy) is 1.